The Morgan fingerprint density at radius 3 is 2.25 bits per heavy atom. The Morgan fingerprint density at radius 2 is 1.55 bits per heavy atom. The molecular formula is C17H19NO2. The fourth-order valence-electron chi connectivity index (χ4n) is 1.91. The quantitative estimate of drug-likeness (QED) is 0.618. The van der Waals surface area contributed by atoms with Gasteiger partial charge in [-0.3, -0.25) is 9.63 Å². The molecule has 0 aromatic heterocycles. The molecule has 0 aliphatic heterocycles. The van der Waals surface area contributed by atoms with E-state index in [0.717, 1.165) is 19.3 Å². The summed E-state index contributed by atoms with van der Waals surface area (Å²) in [7, 11) is 0. The Kier molecular flexibility index (Phi) is 5.80. The number of benzene rings is 2. The minimum atomic E-state index is -0.200. The van der Waals surface area contributed by atoms with Crippen LogP contribution < -0.4 is 5.48 Å². The average Bonchev–Trinajstić information content (AvgIpc) is 2.52. The van der Waals surface area contributed by atoms with E-state index >= 15 is 0 Å². The lowest BCUT2D eigenvalue weighted by atomic mass is 10.1. The highest BCUT2D eigenvalue weighted by Gasteiger charge is 2.03. The Balaban J connectivity index is 1.57. The third-order valence-electron chi connectivity index (χ3n) is 3.01. The van der Waals surface area contributed by atoms with Crippen molar-refractivity contribution in [2.24, 2.45) is 0 Å². The van der Waals surface area contributed by atoms with Crippen molar-refractivity contribution in [2.45, 2.75) is 19.3 Å². The number of carbonyl (C=O) groups is 1. The Hall–Kier alpha value is -2.13. The van der Waals surface area contributed by atoms with Gasteiger partial charge in [0.25, 0.3) is 5.91 Å². The van der Waals surface area contributed by atoms with Crippen LogP contribution in [0.15, 0.2) is 60.7 Å². The van der Waals surface area contributed by atoms with Gasteiger partial charge in [0.2, 0.25) is 0 Å². The number of unbranched alkanes of at least 4 members (excludes halogenated alkanes) is 1. The van der Waals surface area contributed by atoms with E-state index in [4.69, 9.17) is 4.84 Å². The van der Waals surface area contributed by atoms with Crippen molar-refractivity contribution in [1.82, 2.24) is 5.48 Å². The van der Waals surface area contributed by atoms with Crippen molar-refractivity contribution in [1.29, 1.82) is 0 Å². The van der Waals surface area contributed by atoms with E-state index < -0.39 is 0 Å². The van der Waals surface area contributed by atoms with Gasteiger partial charge in [0.15, 0.2) is 0 Å². The van der Waals surface area contributed by atoms with E-state index in [9.17, 15) is 4.79 Å². The number of rotatable bonds is 7. The molecule has 20 heavy (non-hydrogen) atoms. The zero-order chi connectivity index (χ0) is 14.0. The van der Waals surface area contributed by atoms with E-state index in [1.807, 2.05) is 36.4 Å². The monoisotopic (exact) mass is 269 g/mol. The molecule has 0 atom stereocenters. The molecule has 2 rings (SSSR count). The molecule has 0 saturated carbocycles. The summed E-state index contributed by atoms with van der Waals surface area (Å²) in [5.41, 5.74) is 4.40. The van der Waals surface area contributed by atoms with Crippen molar-refractivity contribution in [2.75, 3.05) is 6.61 Å². The Labute approximate surface area is 119 Å². The smallest absolute Gasteiger partial charge is 0.273 e. The number of carbonyl (C=O) groups excluding carboxylic acids is 1. The van der Waals surface area contributed by atoms with E-state index in [1.54, 1.807) is 12.1 Å². The minimum absolute atomic E-state index is 0.200. The molecule has 104 valence electrons. The van der Waals surface area contributed by atoms with Gasteiger partial charge < -0.3 is 0 Å². The second kappa shape index (κ2) is 8.12. The van der Waals surface area contributed by atoms with Crippen LogP contribution in [0.5, 0.6) is 0 Å². The largest absolute Gasteiger partial charge is 0.274 e. The molecule has 0 bridgehead atoms. The molecule has 0 heterocycles. The maximum atomic E-state index is 11.7. The van der Waals surface area contributed by atoms with E-state index in [2.05, 4.69) is 17.6 Å². The number of aryl methyl sites for hydroxylation is 1. The van der Waals surface area contributed by atoms with Crippen LogP contribution in [-0.2, 0) is 11.3 Å². The lowest BCUT2D eigenvalue weighted by Crippen LogP contribution is -2.24. The molecule has 0 fully saturated rings. The van der Waals surface area contributed by atoms with Gasteiger partial charge in [0.1, 0.15) is 0 Å². The number of amides is 1. The molecule has 0 aliphatic rings. The summed E-state index contributed by atoms with van der Waals surface area (Å²) in [6.07, 6.45) is 3.01. The predicted octanol–water partition coefficient (Wildman–Crippen LogP) is 3.37. The third-order valence-corrected chi connectivity index (χ3v) is 3.01. The highest BCUT2D eigenvalue weighted by Crippen LogP contribution is 2.04. The van der Waals surface area contributed by atoms with Crippen molar-refractivity contribution in [3.8, 4) is 0 Å². The van der Waals surface area contributed by atoms with Crippen LogP contribution in [0.25, 0.3) is 0 Å². The predicted molar refractivity (Wildman–Crippen MR) is 79.2 cm³/mol. The molecule has 1 N–H and O–H groups in total. The standard InChI is InChI=1S/C17H19NO2/c19-17(16-12-5-2-6-13-16)18-20-14-8-7-11-15-9-3-1-4-10-15/h1-6,9-10,12-13H,7-8,11,14H2,(H,18,19). The second-order valence-electron chi connectivity index (χ2n) is 4.59. The van der Waals surface area contributed by atoms with Gasteiger partial charge in [-0.05, 0) is 37.0 Å². The summed E-state index contributed by atoms with van der Waals surface area (Å²) in [6.45, 7) is 0.533. The topological polar surface area (TPSA) is 38.3 Å². The number of hydrogen-bond acceptors (Lipinski definition) is 2. The van der Waals surface area contributed by atoms with Crippen molar-refractivity contribution < 1.29 is 9.63 Å². The van der Waals surface area contributed by atoms with Crippen molar-refractivity contribution in [3.63, 3.8) is 0 Å². The summed E-state index contributed by atoms with van der Waals surface area (Å²) >= 11 is 0. The molecule has 0 unspecified atom stereocenters. The number of hydrogen-bond donors (Lipinski definition) is 1. The third kappa shape index (κ3) is 4.86. The van der Waals surface area contributed by atoms with Gasteiger partial charge in [0, 0.05) is 5.56 Å². The summed E-state index contributed by atoms with van der Waals surface area (Å²) in [4.78, 5) is 16.9. The summed E-state index contributed by atoms with van der Waals surface area (Å²) in [6, 6.07) is 19.4. The SMILES string of the molecule is O=C(NOCCCCc1ccccc1)c1ccccc1. The number of nitrogens with one attached hydrogen (secondary N) is 1. The average molecular weight is 269 g/mol. The van der Waals surface area contributed by atoms with Gasteiger partial charge in [-0.2, -0.15) is 0 Å². The number of hydroxylamine groups is 1. The van der Waals surface area contributed by atoms with Crippen LogP contribution in [0.2, 0.25) is 0 Å². The van der Waals surface area contributed by atoms with Gasteiger partial charge in [-0.1, -0.05) is 48.5 Å². The van der Waals surface area contributed by atoms with E-state index in [1.165, 1.54) is 5.56 Å². The second-order valence-corrected chi connectivity index (χ2v) is 4.59. The fraction of sp³-hybridized carbons (Fsp3) is 0.235. The molecule has 2 aromatic carbocycles. The van der Waals surface area contributed by atoms with Crippen molar-refractivity contribution in [3.05, 3.63) is 71.8 Å². The molecule has 0 saturated heterocycles. The first-order valence-electron chi connectivity index (χ1n) is 6.87. The Bertz CT molecular complexity index is 511. The first-order valence-corrected chi connectivity index (χ1v) is 6.87. The Morgan fingerprint density at radius 1 is 0.900 bits per heavy atom. The normalized spacial score (nSPS) is 10.2. The van der Waals surface area contributed by atoms with Crippen LogP contribution in [0.4, 0.5) is 0 Å². The summed E-state index contributed by atoms with van der Waals surface area (Å²) in [5, 5.41) is 0. The zero-order valence-corrected chi connectivity index (χ0v) is 11.4. The lowest BCUT2D eigenvalue weighted by Gasteiger charge is -2.06. The molecule has 0 spiro atoms. The molecule has 3 nitrogen and oxygen atoms in total. The summed E-state index contributed by atoms with van der Waals surface area (Å²) in [5.74, 6) is -0.200. The molecule has 3 heteroatoms. The van der Waals surface area contributed by atoms with Crippen LogP contribution >= 0.6 is 0 Å². The van der Waals surface area contributed by atoms with Crippen LogP contribution in [-0.4, -0.2) is 12.5 Å². The van der Waals surface area contributed by atoms with Gasteiger partial charge in [0.05, 0.1) is 6.61 Å². The highest BCUT2D eigenvalue weighted by molar-refractivity contribution is 5.93. The van der Waals surface area contributed by atoms with Gasteiger partial charge >= 0.3 is 0 Å². The minimum Gasteiger partial charge on any atom is -0.273 e. The van der Waals surface area contributed by atoms with E-state index in [0.29, 0.717) is 12.2 Å². The van der Waals surface area contributed by atoms with Crippen LogP contribution in [0.1, 0.15) is 28.8 Å². The maximum absolute atomic E-state index is 11.7. The molecule has 0 radical (unpaired) electrons. The van der Waals surface area contributed by atoms with Gasteiger partial charge in [-0.15, -0.1) is 0 Å². The molecule has 0 aliphatic carbocycles. The maximum Gasteiger partial charge on any atom is 0.274 e. The van der Waals surface area contributed by atoms with Crippen molar-refractivity contribution >= 4 is 5.91 Å². The van der Waals surface area contributed by atoms with Crippen LogP contribution in [0, 0.1) is 0 Å². The van der Waals surface area contributed by atoms with Crippen LogP contribution in [0.3, 0.4) is 0 Å². The molecular weight excluding hydrogens is 250 g/mol. The fourth-order valence-corrected chi connectivity index (χ4v) is 1.91. The first kappa shape index (κ1) is 14.3. The van der Waals surface area contributed by atoms with Gasteiger partial charge in [-0.25, -0.2) is 5.48 Å². The highest BCUT2D eigenvalue weighted by atomic mass is 16.6. The summed E-state index contributed by atoms with van der Waals surface area (Å²) < 4.78 is 0. The lowest BCUT2D eigenvalue weighted by molar-refractivity contribution is 0.0299. The molecule has 1 amide bonds. The first-order chi connectivity index (χ1) is 9.86. The zero-order valence-electron chi connectivity index (χ0n) is 11.4. The van der Waals surface area contributed by atoms with E-state index in [-0.39, 0.29) is 5.91 Å². The molecule has 2 aromatic rings.